The minimum absolute atomic E-state index is 0.345. The second-order valence-corrected chi connectivity index (χ2v) is 4.63. The predicted octanol–water partition coefficient (Wildman–Crippen LogP) is 2.05. The molecule has 0 amide bonds. The van der Waals surface area contributed by atoms with E-state index in [1.54, 1.807) is 7.11 Å². The van der Waals surface area contributed by atoms with Crippen molar-refractivity contribution >= 4 is 0 Å². The average molecular weight is 185 g/mol. The highest BCUT2D eigenvalue weighted by molar-refractivity contribution is 4.86. The van der Waals surface area contributed by atoms with Gasteiger partial charge in [0.25, 0.3) is 0 Å². The Morgan fingerprint density at radius 2 is 1.92 bits per heavy atom. The van der Waals surface area contributed by atoms with Crippen LogP contribution >= 0.6 is 0 Å². The molecule has 1 fully saturated rings. The van der Waals surface area contributed by atoms with E-state index in [1.807, 2.05) is 0 Å². The van der Waals surface area contributed by atoms with E-state index in [2.05, 4.69) is 26.1 Å². The van der Waals surface area contributed by atoms with Crippen LogP contribution in [0.2, 0.25) is 0 Å². The summed E-state index contributed by atoms with van der Waals surface area (Å²) in [7, 11) is 1.77. The molecule has 1 saturated carbocycles. The van der Waals surface area contributed by atoms with E-state index >= 15 is 0 Å². The largest absolute Gasteiger partial charge is 0.380 e. The molecule has 2 nitrogen and oxygen atoms in total. The lowest BCUT2D eigenvalue weighted by molar-refractivity contribution is 0.0976. The Labute approximate surface area is 82.0 Å². The van der Waals surface area contributed by atoms with E-state index in [0.717, 1.165) is 24.4 Å². The van der Waals surface area contributed by atoms with Crippen molar-refractivity contribution in [2.24, 2.45) is 11.8 Å². The highest BCUT2D eigenvalue weighted by Gasteiger charge is 2.30. The minimum atomic E-state index is 0.345. The first-order valence-corrected chi connectivity index (χ1v) is 5.39. The zero-order valence-electron chi connectivity index (χ0n) is 9.34. The molecule has 0 aromatic carbocycles. The van der Waals surface area contributed by atoms with Crippen molar-refractivity contribution in [1.29, 1.82) is 0 Å². The van der Waals surface area contributed by atoms with Crippen LogP contribution < -0.4 is 5.32 Å². The van der Waals surface area contributed by atoms with E-state index in [4.69, 9.17) is 4.74 Å². The van der Waals surface area contributed by atoms with Crippen molar-refractivity contribution < 1.29 is 4.74 Å². The Morgan fingerprint density at radius 3 is 2.38 bits per heavy atom. The first kappa shape index (κ1) is 11.0. The van der Waals surface area contributed by atoms with Crippen LogP contribution in [0.4, 0.5) is 0 Å². The van der Waals surface area contributed by atoms with Crippen LogP contribution in [-0.4, -0.2) is 25.8 Å². The highest BCUT2D eigenvalue weighted by atomic mass is 16.5. The van der Waals surface area contributed by atoms with Crippen molar-refractivity contribution in [3.63, 3.8) is 0 Å². The van der Waals surface area contributed by atoms with Crippen LogP contribution in [0.5, 0.6) is 0 Å². The molecule has 1 N–H and O–H groups in total. The van der Waals surface area contributed by atoms with Crippen LogP contribution in [0.25, 0.3) is 0 Å². The molecule has 0 heterocycles. The van der Waals surface area contributed by atoms with E-state index < -0.39 is 0 Å². The summed E-state index contributed by atoms with van der Waals surface area (Å²) in [5.74, 6) is 1.81. The summed E-state index contributed by atoms with van der Waals surface area (Å²) in [6, 6.07) is 0.755. The van der Waals surface area contributed by atoms with Crippen LogP contribution in [0.15, 0.2) is 0 Å². The maximum absolute atomic E-state index is 5.18. The molecule has 0 radical (unpaired) electrons. The van der Waals surface area contributed by atoms with E-state index in [-0.39, 0.29) is 0 Å². The van der Waals surface area contributed by atoms with Gasteiger partial charge in [0.05, 0.1) is 6.10 Å². The smallest absolute Gasteiger partial charge is 0.0667 e. The lowest BCUT2D eigenvalue weighted by Gasteiger charge is -2.39. The predicted molar refractivity (Wildman–Crippen MR) is 55.8 cm³/mol. The highest BCUT2D eigenvalue weighted by Crippen LogP contribution is 2.33. The maximum Gasteiger partial charge on any atom is 0.0667 e. The molecule has 0 aliphatic heterocycles. The van der Waals surface area contributed by atoms with Gasteiger partial charge in [-0.2, -0.15) is 0 Å². The van der Waals surface area contributed by atoms with E-state index in [1.165, 1.54) is 12.8 Å². The molecule has 1 atom stereocenters. The van der Waals surface area contributed by atoms with Gasteiger partial charge in [0.1, 0.15) is 0 Å². The summed E-state index contributed by atoms with van der Waals surface area (Å²) in [6.07, 6.45) is 3.06. The van der Waals surface area contributed by atoms with E-state index in [9.17, 15) is 0 Å². The lowest BCUT2D eigenvalue weighted by Crippen LogP contribution is -2.45. The van der Waals surface area contributed by atoms with Gasteiger partial charge in [-0.3, -0.25) is 0 Å². The number of hydrogen-bond donors (Lipinski definition) is 1. The second-order valence-electron chi connectivity index (χ2n) is 4.63. The Bertz CT molecular complexity index is 141. The molecule has 1 aliphatic carbocycles. The van der Waals surface area contributed by atoms with Crippen molar-refractivity contribution in [3.05, 3.63) is 0 Å². The Morgan fingerprint density at radius 1 is 1.31 bits per heavy atom. The van der Waals surface area contributed by atoms with Gasteiger partial charge in [-0.05, 0) is 31.6 Å². The Balaban J connectivity index is 2.02. The van der Waals surface area contributed by atoms with Gasteiger partial charge < -0.3 is 10.1 Å². The van der Waals surface area contributed by atoms with Crippen LogP contribution in [0.1, 0.15) is 33.6 Å². The fraction of sp³-hybridized carbons (Fsp3) is 1.00. The average Bonchev–Trinajstić information content (AvgIpc) is 2.00. The number of ether oxygens (including phenoxy) is 1. The molecule has 2 heteroatoms. The quantitative estimate of drug-likeness (QED) is 0.708. The summed E-state index contributed by atoms with van der Waals surface area (Å²) in [5, 5.41) is 3.53. The van der Waals surface area contributed by atoms with Crippen LogP contribution in [0.3, 0.4) is 0 Å². The minimum Gasteiger partial charge on any atom is -0.380 e. The van der Waals surface area contributed by atoms with Gasteiger partial charge >= 0.3 is 0 Å². The van der Waals surface area contributed by atoms with E-state index in [0.29, 0.717) is 6.10 Å². The summed E-state index contributed by atoms with van der Waals surface area (Å²) in [6.45, 7) is 7.73. The number of hydrogen-bond acceptors (Lipinski definition) is 2. The summed E-state index contributed by atoms with van der Waals surface area (Å²) >= 11 is 0. The number of methoxy groups -OCH3 is 1. The molecule has 1 unspecified atom stereocenters. The zero-order valence-corrected chi connectivity index (χ0v) is 9.34. The summed E-state index contributed by atoms with van der Waals surface area (Å²) < 4.78 is 5.18. The topological polar surface area (TPSA) is 21.3 Å². The monoisotopic (exact) mass is 185 g/mol. The fourth-order valence-electron chi connectivity index (χ4n) is 1.79. The van der Waals surface area contributed by atoms with Crippen LogP contribution in [-0.2, 0) is 4.74 Å². The fourth-order valence-corrected chi connectivity index (χ4v) is 1.79. The Hall–Kier alpha value is -0.0800. The van der Waals surface area contributed by atoms with Crippen molar-refractivity contribution in [3.8, 4) is 0 Å². The molecule has 0 aromatic rings. The zero-order chi connectivity index (χ0) is 9.84. The Kier molecular flexibility index (Phi) is 4.20. The SMILES string of the molecule is COC(C)CNC1CC(C(C)C)C1. The first-order valence-electron chi connectivity index (χ1n) is 5.39. The molecule has 0 spiro atoms. The molecule has 0 aromatic heterocycles. The third-order valence-electron chi connectivity index (χ3n) is 3.21. The maximum atomic E-state index is 5.18. The standard InChI is InChI=1S/C11H23NO/c1-8(2)10-5-11(6-10)12-7-9(3)13-4/h8-12H,5-7H2,1-4H3. The molecule has 13 heavy (non-hydrogen) atoms. The molecule has 1 rings (SSSR count). The first-order chi connectivity index (χ1) is 6.13. The van der Waals surface area contributed by atoms with Gasteiger partial charge in [0.15, 0.2) is 0 Å². The van der Waals surface area contributed by atoms with Crippen LogP contribution in [0, 0.1) is 11.8 Å². The molecular weight excluding hydrogens is 162 g/mol. The van der Waals surface area contributed by atoms with Gasteiger partial charge in [-0.1, -0.05) is 13.8 Å². The summed E-state index contributed by atoms with van der Waals surface area (Å²) in [5.41, 5.74) is 0. The van der Waals surface area contributed by atoms with Crippen molar-refractivity contribution in [2.45, 2.75) is 45.8 Å². The lowest BCUT2D eigenvalue weighted by atomic mass is 9.74. The second kappa shape index (κ2) is 4.97. The van der Waals surface area contributed by atoms with Gasteiger partial charge in [0.2, 0.25) is 0 Å². The van der Waals surface area contributed by atoms with Gasteiger partial charge in [-0.15, -0.1) is 0 Å². The molecular formula is C11H23NO. The molecule has 78 valence electrons. The third-order valence-corrected chi connectivity index (χ3v) is 3.21. The number of nitrogens with one attached hydrogen (secondary N) is 1. The van der Waals surface area contributed by atoms with Crippen molar-refractivity contribution in [2.75, 3.05) is 13.7 Å². The molecule has 0 bridgehead atoms. The molecule has 0 saturated heterocycles. The number of rotatable bonds is 5. The van der Waals surface area contributed by atoms with Gasteiger partial charge in [0, 0.05) is 19.7 Å². The summed E-state index contributed by atoms with van der Waals surface area (Å²) in [4.78, 5) is 0. The van der Waals surface area contributed by atoms with Crippen molar-refractivity contribution in [1.82, 2.24) is 5.32 Å². The van der Waals surface area contributed by atoms with Gasteiger partial charge in [-0.25, -0.2) is 0 Å². The third kappa shape index (κ3) is 3.28. The normalized spacial score (nSPS) is 30.2. The molecule has 1 aliphatic rings.